The molecule has 4 heteroatoms. The number of fused-ring (bicyclic) bond motifs is 1. The molecule has 0 amide bonds. The molecule has 2 N–H and O–H groups in total. The lowest BCUT2D eigenvalue weighted by molar-refractivity contribution is 0.206. The number of hydrogen-bond acceptors (Lipinski definition) is 3. The zero-order chi connectivity index (χ0) is 13.9. The molecule has 0 atom stereocenters. The van der Waals surface area contributed by atoms with Gasteiger partial charge in [-0.05, 0) is 60.5 Å². The van der Waals surface area contributed by atoms with Crippen LogP contribution in [0.25, 0.3) is 10.8 Å². The molecule has 1 heterocycles. The summed E-state index contributed by atoms with van der Waals surface area (Å²) < 4.78 is 5.26. The molecule has 1 aliphatic heterocycles. The van der Waals surface area contributed by atoms with Crippen LogP contribution in [0, 0.1) is 0 Å². The quantitative estimate of drug-likeness (QED) is 0.946. The van der Waals surface area contributed by atoms with E-state index in [1.165, 1.54) is 16.3 Å². The summed E-state index contributed by atoms with van der Waals surface area (Å²) in [5.74, 6) is 0.912. The van der Waals surface area contributed by atoms with E-state index < -0.39 is 0 Å². The maximum atomic E-state index is 5.95. The molecule has 3 nitrogen and oxygen atoms in total. The summed E-state index contributed by atoms with van der Waals surface area (Å²) >= 11 is 0. The Morgan fingerprint density at radius 2 is 1.76 bits per heavy atom. The highest BCUT2D eigenvalue weighted by Crippen LogP contribution is 2.23. The minimum Gasteiger partial charge on any atom is -0.497 e. The van der Waals surface area contributed by atoms with Gasteiger partial charge in [0, 0.05) is 12.6 Å². The largest absolute Gasteiger partial charge is 0.497 e. The fourth-order valence-electron chi connectivity index (χ4n) is 2.87. The third-order valence-corrected chi connectivity index (χ3v) is 4.15. The van der Waals surface area contributed by atoms with Crippen LogP contribution >= 0.6 is 12.4 Å². The Labute approximate surface area is 132 Å². The van der Waals surface area contributed by atoms with E-state index in [0.29, 0.717) is 6.04 Å². The van der Waals surface area contributed by atoms with Crippen molar-refractivity contribution < 1.29 is 4.74 Å². The highest BCUT2D eigenvalue weighted by Gasteiger charge is 2.15. The first-order chi connectivity index (χ1) is 9.74. The average molecular weight is 307 g/mol. The van der Waals surface area contributed by atoms with Crippen LogP contribution in [0.2, 0.25) is 0 Å². The highest BCUT2D eigenvalue weighted by molar-refractivity contribution is 5.85. The van der Waals surface area contributed by atoms with Gasteiger partial charge in [0.2, 0.25) is 0 Å². The van der Waals surface area contributed by atoms with Crippen LogP contribution in [0.5, 0.6) is 5.75 Å². The van der Waals surface area contributed by atoms with Crippen LogP contribution in [0.3, 0.4) is 0 Å². The van der Waals surface area contributed by atoms with E-state index in [9.17, 15) is 0 Å². The third kappa shape index (κ3) is 3.88. The predicted octanol–water partition coefficient (Wildman–Crippen LogP) is 3.19. The van der Waals surface area contributed by atoms with Gasteiger partial charge in [-0.1, -0.05) is 18.2 Å². The minimum atomic E-state index is 0. The van der Waals surface area contributed by atoms with E-state index in [4.69, 9.17) is 10.5 Å². The molecule has 0 aliphatic carbocycles. The van der Waals surface area contributed by atoms with Gasteiger partial charge in [0.25, 0.3) is 0 Å². The number of nitrogens with zero attached hydrogens (tertiary/aromatic N) is 1. The molecule has 0 radical (unpaired) electrons. The van der Waals surface area contributed by atoms with E-state index >= 15 is 0 Å². The fourth-order valence-corrected chi connectivity index (χ4v) is 2.87. The number of hydrogen-bond donors (Lipinski definition) is 1. The van der Waals surface area contributed by atoms with Gasteiger partial charge in [0.05, 0.1) is 7.11 Å². The van der Waals surface area contributed by atoms with Crippen molar-refractivity contribution >= 4 is 23.2 Å². The third-order valence-electron chi connectivity index (χ3n) is 4.15. The Morgan fingerprint density at radius 1 is 1.10 bits per heavy atom. The molecule has 114 valence electrons. The van der Waals surface area contributed by atoms with E-state index in [1.807, 2.05) is 6.07 Å². The monoisotopic (exact) mass is 306 g/mol. The second-order valence-corrected chi connectivity index (χ2v) is 5.66. The molecular weight excluding hydrogens is 284 g/mol. The number of likely N-dealkylation sites (tertiary alicyclic amines) is 1. The molecule has 0 bridgehead atoms. The molecule has 0 unspecified atom stereocenters. The van der Waals surface area contributed by atoms with Crippen molar-refractivity contribution in [1.29, 1.82) is 0 Å². The van der Waals surface area contributed by atoms with Gasteiger partial charge in [0.15, 0.2) is 0 Å². The zero-order valence-corrected chi connectivity index (χ0v) is 13.2. The summed E-state index contributed by atoms with van der Waals surface area (Å²) in [7, 11) is 1.70. The van der Waals surface area contributed by atoms with Crippen molar-refractivity contribution in [1.82, 2.24) is 4.90 Å². The van der Waals surface area contributed by atoms with E-state index in [0.717, 1.165) is 38.2 Å². The van der Waals surface area contributed by atoms with Crippen molar-refractivity contribution in [3.05, 3.63) is 42.0 Å². The summed E-state index contributed by atoms with van der Waals surface area (Å²) in [6, 6.07) is 13.3. The molecule has 0 saturated carbocycles. The number of methoxy groups -OCH3 is 1. The normalized spacial score (nSPS) is 16.7. The topological polar surface area (TPSA) is 38.5 Å². The van der Waals surface area contributed by atoms with Crippen LogP contribution in [-0.2, 0) is 6.54 Å². The van der Waals surface area contributed by atoms with E-state index in [2.05, 4.69) is 35.2 Å². The van der Waals surface area contributed by atoms with Crippen molar-refractivity contribution in [2.45, 2.75) is 25.4 Å². The number of benzene rings is 2. The van der Waals surface area contributed by atoms with Gasteiger partial charge in [-0.15, -0.1) is 12.4 Å². The molecule has 1 fully saturated rings. The summed E-state index contributed by atoms with van der Waals surface area (Å²) in [5, 5.41) is 2.51. The predicted molar refractivity (Wildman–Crippen MR) is 90.2 cm³/mol. The molecule has 1 aliphatic rings. The fraction of sp³-hybridized carbons (Fsp3) is 0.412. The average Bonchev–Trinajstić information content (AvgIpc) is 2.49. The lowest BCUT2D eigenvalue weighted by atomic mass is 10.0. The van der Waals surface area contributed by atoms with Crippen molar-refractivity contribution in [3.8, 4) is 5.75 Å². The maximum absolute atomic E-state index is 5.95. The second kappa shape index (κ2) is 7.12. The number of rotatable bonds is 3. The number of halogens is 1. The SMILES string of the molecule is COc1ccc2cc(CN3CCC(N)CC3)ccc2c1.Cl. The van der Waals surface area contributed by atoms with Crippen LogP contribution < -0.4 is 10.5 Å². The molecule has 2 aromatic rings. The van der Waals surface area contributed by atoms with Crippen LogP contribution in [-0.4, -0.2) is 31.1 Å². The Kier molecular flexibility index (Phi) is 5.45. The Morgan fingerprint density at radius 3 is 2.48 bits per heavy atom. The number of ether oxygens (including phenoxy) is 1. The van der Waals surface area contributed by atoms with E-state index in [-0.39, 0.29) is 12.4 Å². The molecular formula is C17H23ClN2O. The first-order valence-corrected chi connectivity index (χ1v) is 7.29. The zero-order valence-electron chi connectivity index (χ0n) is 12.4. The van der Waals surface area contributed by atoms with Crippen LogP contribution in [0.15, 0.2) is 36.4 Å². The second-order valence-electron chi connectivity index (χ2n) is 5.66. The van der Waals surface area contributed by atoms with Gasteiger partial charge in [-0.2, -0.15) is 0 Å². The van der Waals surface area contributed by atoms with Crippen molar-refractivity contribution in [2.75, 3.05) is 20.2 Å². The van der Waals surface area contributed by atoms with Crippen molar-refractivity contribution in [2.24, 2.45) is 5.73 Å². The Hall–Kier alpha value is -1.29. The molecule has 1 saturated heterocycles. The Bertz CT molecular complexity index is 594. The molecule has 2 aromatic carbocycles. The number of nitrogens with two attached hydrogens (primary N) is 1. The van der Waals surface area contributed by atoms with Gasteiger partial charge in [-0.3, -0.25) is 4.90 Å². The summed E-state index contributed by atoms with van der Waals surface area (Å²) in [6.07, 6.45) is 2.23. The smallest absolute Gasteiger partial charge is 0.119 e. The summed E-state index contributed by atoms with van der Waals surface area (Å²) in [6.45, 7) is 3.25. The minimum absolute atomic E-state index is 0. The van der Waals surface area contributed by atoms with Gasteiger partial charge < -0.3 is 10.5 Å². The molecule has 3 rings (SSSR count). The maximum Gasteiger partial charge on any atom is 0.119 e. The summed E-state index contributed by atoms with van der Waals surface area (Å²) in [4.78, 5) is 2.49. The molecule has 0 spiro atoms. The highest BCUT2D eigenvalue weighted by atomic mass is 35.5. The molecule has 0 aromatic heterocycles. The first kappa shape index (κ1) is 16.1. The standard InChI is InChI=1S/C17H22N2O.ClH/c1-20-17-5-4-14-10-13(2-3-15(14)11-17)12-19-8-6-16(18)7-9-19;/h2-5,10-11,16H,6-9,12,18H2,1H3;1H. The van der Waals surface area contributed by atoms with Crippen molar-refractivity contribution in [3.63, 3.8) is 0 Å². The van der Waals surface area contributed by atoms with Crippen LogP contribution in [0.4, 0.5) is 0 Å². The summed E-state index contributed by atoms with van der Waals surface area (Å²) in [5.41, 5.74) is 7.33. The van der Waals surface area contributed by atoms with Gasteiger partial charge in [-0.25, -0.2) is 0 Å². The molecule has 21 heavy (non-hydrogen) atoms. The lowest BCUT2D eigenvalue weighted by Gasteiger charge is -2.30. The van der Waals surface area contributed by atoms with Gasteiger partial charge in [0.1, 0.15) is 5.75 Å². The Balaban J connectivity index is 0.00000161. The lowest BCUT2D eigenvalue weighted by Crippen LogP contribution is -2.39. The first-order valence-electron chi connectivity index (χ1n) is 7.29. The van der Waals surface area contributed by atoms with E-state index in [1.54, 1.807) is 7.11 Å². The number of piperidine rings is 1. The van der Waals surface area contributed by atoms with Crippen LogP contribution in [0.1, 0.15) is 18.4 Å². The van der Waals surface area contributed by atoms with Gasteiger partial charge >= 0.3 is 0 Å².